The van der Waals surface area contributed by atoms with Gasteiger partial charge in [0.2, 0.25) is 0 Å². The highest BCUT2D eigenvalue weighted by Crippen LogP contribution is 2.36. The van der Waals surface area contributed by atoms with Gasteiger partial charge in [0, 0.05) is 19.4 Å². The Morgan fingerprint density at radius 3 is 2.48 bits per heavy atom. The first-order valence-corrected chi connectivity index (χ1v) is 8.86. The molecule has 1 N–H and O–H groups in total. The van der Waals surface area contributed by atoms with Crippen molar-refractivity contribution >= 4 is 6.09 Å². The van der Waals surface area contributed by atoms with E-state index in [2.05, 4.69) is 26.0 Å². The van der Waals surface area contributed by atoms with E-state index in [9.17, 15) is 9.90 Å². The van der Waals surface area contributed by atoms with Crippen molar-refractivity contribution in [2.45, 2.75) is 44.8 Å². The van der Waals surface area contributed by atoms with Gasteiger partial charge in [0.15, 0.2) is 0 Å². The van der Waals surface area contributed by atoms with E-state index in [-0.39, 0.29) is 12.1 Å². The van der Waals surface area contributed by atoms with Gasteiger partial charge in [0.25, 0.3) is 0 Å². The van der Waals surface area contributed by atoms with E-state index < -0.39 is 6.09 Å². The number of carbonyl (C=O) groups is 1. The molecule has 2 unspecified atom stereocenters. The molecule has 1 amide bonds. The van der Waals surface area contributed by atoms with Gasteiger partial charge in [0.05, 0.1) is 6.04 Å². The fourth-order valence-corrected chi connectivity index (χ4v) is 3.60. The Kier molecular flexibility index (Phi) is 5.27. The minimum absolute atomic E-state index is 0.0169. The van der Waals surface area contributed by atoms with E-state index in [1.54, 1.807) is 4.90 Å². The summed E-state index contributed by atoms with van der Waals surface area (Å²) in [7, 11) is 0. The standard InChI is InChI=1S/C21H25NO3/c1-15(2)18-10-6-7-11-19(18)20-14-17(12-13-22(20)21(23)24)25-16-8-4-3-5-9-16/h3-11,15,17,20H,12-14H2,1-2H3,(H,23,24). The van der Waals surface area contributed by atoms with Crippen LogP contribution in [0, 0.1) is 0 Å². The minimum atomic E-state index is -0.860. The molecule has 1 fully saturated rings. The highest BCUT2D eigenvalue weighted by Gasteiger charge is 2.34. The largest absolute Gasteiger partial charge is 0.490 e. The summed E-state index contributed by atoms with van der Waals surface area (Å²) in [5.74, 6) is 1.19. The smallest absolute Gasteiger partial charge is 0.407 e. The summed E-state index contributed by atoms with van der Waals surface area (Å²) in [5, 5.41) is 9.66. The van der Waals surface area contributed by atoms with Crippen LogP contribution in [-0.2, 0) is 0 Å². The van der Waals surface area contributed by atoms with Crippen LogP contribution in [0.5, 0.6) is 5.75 Å². The Balaban J connectivity index is 1.86. The number of hydrogen-bond donors (Lipinski definition) is 1. The third-order valence-corrected chi connectivity index (χ3v) is 4.82. The molecule has 132 valence electrons. The zero-order valence-corrected chi connectivity index (χ0v) is 14.8. The van der Waals surface area contributed by atoms with Gasteiger partial charge >= 0.3 is 6.09 Å². The van der Waals surface area contributed by atoms with E-state index in [1.165, 1.54) is 5.56 Å². The third-order valence-electron chi connectivity index (χ3n) is 4.82. The zero-order valence-electron chi connectivity index (χ0n) is 14.8. The van der Waals surface area contributed by atoms with Crippen molar-refractivity contribution in [3.8, 4) is 5.75 Å². The monoisotopic (exact) mass is 339 g/mol. The number of piperidine rings is 1. The van der Waals surface area contributed by atoms with Gasteiger partial charge in [-0.3, -0.25) is 0 Å². The Labute approximate surface area is 149 Å². The van der Waals surface area contributed by atoms with Gasteiger partial charge < -0.3 is 14.7 Å². The molecule has 4 nitrogen and oxygen atoms in total. The van der Waals surface area contributed by atoms with Gasteiger partial charge in [-0.05, 0) is 29.2 Å². The predicted octanol–water partition coefficient (Wildman–Crippen LogP) is 5.07. The second-order valence-corrected chi connectivity index (χ2v) is 6.85. The van der Waals surface area contributed by atoms with Crippen LogP contribution in [0.15, 0.2) is 54.6 Å². The molecule has 0 aromatic heterocycles. The summed E-state index contributed by atoms with van der Waals surface area (Å²) in [4.78, 5) is 13.3. The van der Waals surface area contributed by atoms with Crippen molar-refractivity contribution < 1.29 is 14.6 Å². The number of rotatable bonds is 4. The molecule has 1 heterocycles. The molecule has 25 heavy (non-hydrogen) atoms. The number of likely N-dealkylation sites (tertiary alicyclic amines) is 1. The predicted molar refractivity (Wildman–Crippen MR) is 98.1 cm³/mol. The van der Waals surface area contributed by atoms with E-state index in [1.807, 2.05) is 42.5 Å². The topological polar surface area (TPSA) is 49.8 Å². The van der Waals surface area contributed by atoms with E-state index >= 15 is 0 Å². The SMILES string of the molecule is CC(C)c1ccccc1C1CC(Oc2ccccc2)CCN1C(=O)O. The van der Waals surface area contributed by atoms with Crippen LogP contribution in [0.25, 0.3) is 0 Å². The lowest BCUT2D eigenvalue weighted by Gasteiger charge is -2.39. The maximum absolute atomic E-state index is 11.8. The van der Waals surface area contributed by atoms with Crippen LogP contribution in [-0.4, -0.2) is 28.7 Å². The molecular weight excluding hydrogens is 314 g/mol. The Morgan fingerprint density at radius 2 is 1.80 bits per heavy atom. The average molecular weight is 339 g/mol. The highest BCUT2D eigenvalue weighted by atomic mass is 16.5. The van der Waals surface area contributed by atoms with E-state index in [0.29, 0.717) is 25.3 Å². The minimum Gasteiger partial charge on any atom is -0.490 e. The van der Waals surface area contributed by atoms with E-state index in [4.69, 9.17) is 4.74 Å². The molecule has 1 aliphatic heterocycles. The molecule has 0 radical (unpaired) electrons. The van der Waals surface area contributed by atoms with Crippen LogP contribution in [0.2, 0.25) is 0 Å². The molecule has 0 bridgehead atoms. The number of amides is 1. The molecule has 2 aromatic rings. The van der Waals surface area contributed by atoms with Crippen LogP contribution < -0.4 is 4.74 Å². The average Bonchev–Trinajstić information content (AvgIpc) is 2.62. The molecule has 0 spiro atoms. The summed E-state index contributed by atoms with van der Waals surface area (Å²) in [6, 6.07) is 17.7. The lowest BCUT2D eigenvalue weighted by atomic mass is 9.87. The molecule has 2 atom stereocenters. The van der Waals surface area contributed by atoms with E-state index in [0.717, 1.165) is 11.3 Å². The number of benzene rings is 2. The van der Waals surface area contributed by atoms with Gasteiger partial charge in [0.1, 0.15) is 11.9 Å². The van der Waals surface area contributed by atoms with Crippen LogP contribution >= 0.6 is 0 Å². The number of ether oxygens (including phenoxy) is 1. The number of carboxylic acid groups (broad SMARTS) is 1. The fourth-order valence-electron chi connectivity index (χ4n) is 3.60. The first-order valence-electron chi connectivity index (χ1n) is 8.86. The number of hydrogen-bond acceptors (Lipinski definition) is 2. The number of para-hydroxylation sites is 1. The first kappa shape index (κ1) is 17.3. The highest BCUT2D eigenvalue weighted by molar-refractivity contribution is 5.66. The second-order valence-electron chi connectivity index (χ2n) is 6.85. The van der Waals surface area contributed by atoms with Crippen molar-refractivity contribution in [1.82, 2.24) is 4.90 Å². The van der Waals surface area contributed by atoms with Gasteiger partial charge in [-0.15, -0.1) is 0 Å². The third kappa shape index (κ3) is 3.95. The summed E-state index contributed by atoms with van der Waals surface area (Å²) in [6.07, 6.45) is 0.539. The summed E-state index contributed by atoms with van der Waals surface area (Å²) in [5.41, 5.74) is 2.31. The Bertz CT molecular complexity index is 714. The molecule has 1 saturated heterocycles. The summed E-state index contributed by atoms with van der Waals surface area (Å²) in [6.45, 7) is 4.78. The Morgan fingerprint density at radius 1 is 1.12 bits per heavy atom. The van der Waals surface area contributed by atoms with Crippen molar-refractivity contribution in [2.24, 2.45) is 0 Å². The van der Waals surface area contributed by atoms with Crippen LogP contribution in [0.1, 0.15) is 49.8 Å². The molecule has 2 aromatic carbocycles. The van der Waals surface area contributed by atoms with Crippen molar-refractivity contribution in [3.63, 3.8) is 0 Å². The normalized spacial score (nSPS) is 20.5. The van der Waals surface area contributed by atoms with Crippen molar-refractivity contribution in [2.75, 3.05) is 6.54 Å². The fraction of sp³-hybridized carbons (Fsp3) is 0.381. The Hall–Kier alpha value is -2.49. The zero-order chi connectivity index (χ0) is 17.8. The van der Waals surface area contributed by atoms with Crippen molar-refractivity contribution in [3.05, 3.63) is 65.7 Å². The molecule has 0 saturated carbocycles. The summed E-state index contributed by atoms with van der Waals surface area (Å²) < 4.78 is 6.12. The van der Waals surface area contributed by atoms with Gasteiger partial charge in [-0.2, -0.15) is 0 Å². The van der Waals surface area contributed by atoms with Gasteiger partial charge in [-0.25, -0.2) is 4.79 Å². The molecule has 3 rings (SSSR count). The van der Waals surface area contributed by atoms with Crippen LogP contribution in [0.4, 0.5) is 4.79 Å². The lowest BCUT2D eigenvalue weighted by Crippen LogP contribution is -2.43. The molecule has 0 aliphatic carbocycles. The first-order chi connectivity index (χ1) is 12.1. The van der Waals surface area contributed by atoms with Gasteiger partial charge in [-0.1, -0.05) is 56.3 Å². The maximum Gasteiger partial charge on any atom is 0.407 e. The lowest BCUT2D eigenvalue weighted by molar-refractivity contribution is 0.0536. The quantitative estimate of drug-likeness (QED) is 0.846. The summed E-state index contributed by atoms with van der Waals surface area (Å²) >= 11 is 0. The number of nitrogens with zero attached hydrogens (tertiary/aromatic N) is 1. The molecule has 4 heteroatoms. The van der Waals surface area contributed by atoms with Crippen LogP contribution in [0.3, 0.4) is 0 Å². The van der Waals surface area contributed by atoms with Crippen molar-refractivity contribution in [1.29, 1.82) is 0 Å². The molecular formula is C21H25NO3. The molecule has 1 aliphatic rings. The second kappa shape index (κ2) is 7.60. The maximum atomic E-state index is 11.8.